The third kappa shape index (κ3) is 2.22. The summed E-state index contributed by atoms with van der Waals surface area (Å²) in [6, 6.07) is 5.49. The van der Waals surface area contributed by atoms with Crippen molar-refractivity contribution in [3.63, 3.8) is 0 Å². The number of rotatable bonds is 3. The van der Waals surface area contributed by atoms with E-state index in [0.717, 1.165) is 11.1 Å². The fourth-order valence-electron chi connectivity index (χ4n) is 1.85. The Labute approximate surface area is 105 Å². The molecule has 2 nitrogen and oxygen atoms in total. The van der Waals surface area contributed by atoms with E-state index in [1.807, 2.05) is 19.1 Å². The fraction of sp³-hybridized carbons (Fsp3) is 0.455. The van der Waals surface area contributed by atoms with E-state index in [-0.39, 0.29) is 0 Å². The molecule has 1 aliphatic rings. The van der Waals surface area contributed by atoms with Crippen LogP contribution < -0.4 is 0 Å². The Morgan fingerprint density at radius 1 is 1.38 bits per heavy atom. The van der Waals surface area contributed by atoms with Gasteiger partial charge in [0.25, 0.3) is 0 Å². The highest BCUT2D eigenvalue weighted by molar-refractivity contribution is 8.15. The van der Waals surface area contributed by atoms with E-state index in [1.54, 1.807) is 6.07 Å². The molecule has 0 aliphatic heterocycles. The summed E-state index contributed by atoms with van der Waals surface area (Å²) in [6.45, 7) is 1.93. The largest absolute Gasteiger partial charge is 0.238 e. The number of benzene rings is 1. The summed E-state index contributed by atoms with van der Waals surface area (Å²) in [5.74, 6) is 0. The molecule has 2 rings (SSSR count). The quantitative estimate of drug-likeness (QED) is 0.796. The molecule has 0 atom stereocenters. The van der Waals surface area contributed by atoms with Gasteiger partial charge in [-0.05, 0) is 49.4 Å². The number of aryl methyl sites for hydroxylation is 1. The van der Waals surface area contributed by atoms with Crippen LogP contribution in [-0.2, 0) is 15.5 Å². The van der Waals surface area contributed by atoms with Gasteiger partial charge in [-0.15, -0.1) is 0 Å². The second-order valence-electron chi connectivity index (χ2n) is 4.37. The third-order valence-corrected chi connectivity index (χ3v) is 5.95. The van der Waals surface area contributed by atoms with Crippen LogP contribution in [0.2, 0.25) is 5.02 Å². The van der Waals surface area contributed by atoms with E-state index < -0.39 is 13.8 Å². The van der Waals surface area contributed by atoms with E-state index in [1.165, 1.54) is 0 Å². The van der Waals surface area contributed by atoms with Crippen molar-refractivity contribution in [1.29, 1.82) is 0 Å². The molecule has 0 unspecified atom stereocenters. The van der Waals surface area contributed by atoms with Crippen molar-refractivity contribution in [3.8, 4) is 0 Å². The Morgan fingerprint density at radius 2 is 2.00 bits per heavy atom. The lowest BCUT2D eigenvalue weighted by Gasteiger charge is -2.13. The molecule has 1 aliphatic carbocycles. The van der Waals surface area contributed by atoms with Crippen molar-refractivity contribution in [2.45, 2.75) is 30.9 Å². The third-order valence-electron chi connectivity index (χ3n) is 3.14. The Bertz CT molecular complexity index is 519. The maximum atomic E-state index is 11.4. The molecule has 0 amide bonds. The van der Waals surface area contributed by atoms with Gasteiger partial charge in [0.1, 0.15) is 0 Å². The van der Waals surface area contributed by atoms with Crippen LogP contribution in [0.3, 0.4) is 0 Å². The van der Waals surface area contributed by atoms with Gasteiger partial charge < -0.3 is 0 Å². The summed E-state index contributed by atoms with van der Waals surface area (Å²) in [7, 11) is 1.99. The lowest BCUT2D eigenvalue weighted by Crippen LogP contribution is -2.21. The normalized spacial score (nSPS) is 18.4. The van der Waals surface area contributed by atoms with Crippen LogP contribution in [0, 0.1) is 6.92 Å². The monoisotopic (exact) mass is 278 g/mol. The zero-order valence-electron chi connectivity index (χ0n) is 8.83. The van der Waals surface area contributed by atoms with E-state index >= 15 is 0 Å². The molecule has 88 valence electrons. The van der Waals surface area contributed by atoms with Crippen molar-refractivity contribution >= 4 is 31.3 Å². The Morgan fingerprint density at radius 3 is 2.44 bits per heavy atom. The van der Waals surface area contributed by atoms with Gasteiger partial charge in [-0.3, -0.25) is 0 Å². The van der Waals surface area contributed by atoms with E-state index in [4.69, 9.17) is 22.3 Å². The first kappa shape index (κ1) is 12.2. The summed E-state index contributed by atoms with van der Waals surface area (Å²) in [4.78, 5) is 0. The van der Waals surface area contributed by atoms with Gasteiger partial charge >= 0.3 is 0 Å². The van der Waals surface area contributed by atoms with Crippen molar-refractivity contribution in [3.05, 3.63) is 34.3 Å². The fourth-order valence-corrected chi connectivity index (χ4v) is 3.62. The Hall–Kier alpha value is -0.250. The number of hydrogen-bond donors (Lipinski definition) is 0. The lowest BCUT2D eigenvalue weighted by molar-refractivity contribution is 0.590. The molecule has 0 radical (unpaired) electrons. The summed E-state index contributed by atoms with van der Waals surface area (Å²) in [5, 5.41) is 0.667. The topological polar surface area (TPSA) is 34.1 Å². The zero-order chi connectivity index (χ0) is 12.0. The summed E-state index contributed by atoms with van der Waals surface area (Å²) in [6.07, 6.45) is 1.80. The van der Waals surface area contributed by atoms with Crippen molar-refractivity contribution in [2.24, 2.45) is 0 Å². The minimum absolute atomic E-state index is 0.488. The Balaban J connectivity index is 2.29. The molecule has 1 aromatic rings. The average Bonchev–Trinajstić information content (AvgIpc) is 2.90. The minimum atomic E-state index is -3.48. The Kier molecular flexibility index (Phi) is 2.97. The molecule has 0 spiro atoms. The van der Waals surface area contributed by atoms with Gasteiger partial charge in [0.05, 0.1) is 4.75 Å². The molecule has 0 bridgehead atoms. The van der Waals surface area contributed by atoms with Gasteiger partial charge in [0, 0.05) is 15.7 Å². The van der Waals surface area contributed by atoms with E-state index in [9.17, 15) is 8.42 Å². The molecule has 0 aromatic heterocycles. The smallest absolute Gasteiger partial charge is 0.212 e. The first-order chi connectivity index (χ1) is 7.34. The highest BCUT2D eigenvalue weighted by Crippen LogP contribution is 2.48. The standard InChI is InChI=1S/C11H12Cl2O2S/c1-8-6-10(12)3-2-9(8)7-11(4-5-11)16(13,14)15/h2-3,6H,4-5,7H2,1H3. The van der Waals surface area contributed by atoms with Crippen LogP contribution in [-0.4, -0.2) is 13.2 Å². The molecule has 1 fully saturated rings. The van der Waals surface area contributed by atoms with E-state index in [2.05, 4.69) is 0 Å². The van der Waals surface area contributed by atoms with Crippen LogP contribution in [0.4, 0.5) is 0 Å². The van der Waals surface area contributed by atoms with Crippen molar-refractivity contribution < 1.29 is 8.42 Å². The zero-order valence-corrected chi connectivity index (χ0v) is 11.2. The van der Waals surface area contributed by atoms with Gasteiger partial charge in [-0.25, -0.2) is 8.42 Å². The molecule has 5 heteroatoms. The van der Waals surface area contributed by atoms with Crippen LogP contribution in [0.15, 0.2) is 18.2 Å². The summed E-state index contributed by atoms with van der Waals surface area (Å²) in [5.41, 5.74) is 2.02. The van der Waals surface area contributed by atoms with Crippen molar-refractivity contribution in [2.75, 3.05) is 0 Å². The molecule has 16 heavy (non-hydrogen) atoms. The molecule has 0 N–H and O–H groups in total. The summed E-state index contributed by atoms with van der Waals surface area (Å²) < 4.78 is 22.1. The maximum Gasteiger partial charge on any atom is 0.238 e. The highest BCUT2D eigenvalue weighted by atomic mass is 35.7. The first-order valence-electron chi connectivity index (χ1n) is 5.03. The molecular weight excluding hydrogens is 267 g/mol. The molecule has 1 aromatic carbocycles. The van der Waals surface area contributed by atoms with Gasteiger partial charge in [0.15, 0.2) is 0 Å². The highest BCUT2D eigenvalue weighted by Gasteiger charge is 2.53. The van der Waals surface area contributed by atoms with Gasteiger partial charge in [-0.2, -0.15) is 0 Å². The van der Waals surface area contributed by atoms with Gasteiger partial charge in [-0.1, -0.05) is 17.7 Å². The summed E-state index contributed by atoms with van der Waals surface area (Å²) >= 11 is 5.85. The minimum Gasteiger partial charge on any atom is -0.212 e. The maximum absolute atomic E-state index is 11.4. The lowest BCUT2D eigenvalue weighted by atomic mass is 10.0. The number of hydrogen-bond acceptors (Lipinski definition) is 2. The second kappa shape index (κ2) is 3.90. The van der Waals surface area contributed by atoms with Crippen LogP contribution in [0.25, 0.3) is 0 Å². The second-order valence-corrected chi connectivity index (χ2v) is 7.77. The first-order valence-corrected chi connectivity index (χ1v) is 7.72. The van der Waals surface area contributed by atoms with Crippen LogP contribution in [0.1, 0.15) is 24.0 Å². The predicted octanol–water partition coefficient (Wildman–Crippen LogP) is 3.29. The van der Waals surface area contributed by atoms with E-state index in [0.29, 0.717) is 24.3 Å². The van der Waals surface area contributed by atoms with Crippen LogP contribution >= 0.6 is 22.3 Å². The predicted molar refractivity (Wildman–Crippen MR) is 66.6 cm³/mol. The molecular formula is C11H12Cl2O2S. The molecule has 0 saturated heterocycles. The molecule has 0 heterocycles. The van der Waals surface area contributed by atoms with Crippen LogP contribution in [0.5, 0.6) is 0 Å². The number of halogens is 2. The molecule has 1 saturated carbocycles. The average molecular weight is 279 g/mol. The van der Waals surface area contributed by atoms with Gasteiger partial charge in [0.2, 0.25) is 9.05 Å². The van der Waals surface area contributed by atoms with Crippen molar-refractivity contribution in [1.82, 2.24) is 0 Å². The SMILES string of the molecule is Cc1cc(Cl)ccc1CC1(S(=O)(=O)Cl)CC1.